The lowest BCUT2D eigenvalue weighted by atomic mass is 10.3. The van der Waals surface area contributed by atoms with Crippen molar-refractivity contribution in [2.75, 3.05) is 20.3 Å². The van der Waals surface area contributed by atoms with Crippen molar-refractivity contribution in [3.8, 4) is 0 Å². The Bertz CT molecular complexity index is 342. The molecule has 0 fully saturated rings. The molecule has 1 aromatic heterocycles. The first-order chi connectivity index (χ1) is 7.65. The molecule has 0 amide bonds. The molecule has 0 aromatic carbocycles. The maximum atomic E-state index is 10.7. The number of carboxylic acids is 1. The van der Waals surface area contributed by atoms with E-state index in [9.17, 15) is 4.79 Å². The third-order valence-electron chi connectivity index (χ3n) is 2.04. The van der Waals surface area contributed by atoms with Crippen LogP contribution in [0.15, 0.2) is 10.5 Å². The summed E-state index contributed by atoms with van der Waals surface area (Å²) in [4.78, 5) is 10.7. The van der Waals surface area contributed by atoms with Crippen LogP contribution in [0.5, 0.6) is 0 Å². The highest BCUT2D eigenvalue weighted by atomic mass is 16.5. The van der Waals surface area contributed by atoms with E-state index >= 15 is 0 Å². The highest BCUT2D eigenvalue weighted by Gasteiger charge is 2.13. The van der Waals surface area contributed by atoms with E-state index < -0.39 is 5.97 Å². The van der Waals surface area contributed by atoms with Gasteiger partial charge in [-0.25, -0.2) is 4.79 Å². The Labute approximate surface area is 94.0 Å². The molecule has 16 heavy (non-hydrogen) atoms. The van der Waals surface area contributed by atoms with Crippen LogP contribution in [0.25, 0.3) is 0 Å². The Morgan fingerprint density at radius 1 is 1.50 bits per heavy atom. The molecule has 5 heteroatoms. The summed E-state index contributed by atoms with van der Waals surface area (Å²) < 4.78 is 15.3. The van der Waals surface area contributed by atoms with Gasteiger partial charge in [-0.1, -0.05) is 0 Å². The molecule has 0 atom stereocenters. The summed E-state index contributed by atoms with van der Waals surface area (Å²) in [6, 6.07) is 1.68. The first-order valence-corrected chi connectivity index (χ1v) is 5.04. The van der Waals surface area contributed by atoms with Crippen LogP contribution in [0.1, 0.15) is 28.3 Å². The maximum Gasteiger partial charge on any atom is 0.372 e. The second kappa shape index (κ2) is 6.30. The minimum Gasteiger partial charge on any atom is -0.475 e. The van der Waals surface area contributed by atoms with E-state index in [0.29, 0.717) is 24.5 Å². The van der Waals surface area contributed by atoms with Gasteiger partial charge in [-0.2, -0.15) is 0 Å². The molecule has 1 heterocycles. The van der Waals surface area contributed by atoms with Crippen LogP contribution in [-0.4, -0.2) is 31.4 Å². The number of furan rings is 1. The standard InChI is InChI=1S/C11H16O5/c1-8-6-9(16-10(8)11(12)13)7-15-5-3-4-14-2/h6H,3-5,7H2,1-2H3,(H,12,13). The van der Waals surface area contributed by atoms with Crippen molar-refractivity contribution in [1.82, 2.24) is 0 Å². The molecule has 0 spiro atoms. The minimum absolute atomic E-state index is 0.0181. The van der Waals surface area contributed by atoms with Gasteiger partial charge in [0.05, 0.1) is 0 Å². The predicted octanol–water partition coefficient (Wildman–Crippen LogP) is 1.84. The Hall–Kier alpha value is -1.33. The quantitative estimate of drug-likeness (QED) is 0.721. The number of rotatable bonds is 7. The monoisotopic (exact) mass is 228 g/mol. The van der Waals surface area contributed by atoms with E-state index in [2.05, 4.69) is 0 Å². The van der Waals surface area contributed by atoms with Crippen LogP contribution >= 0.6 is 0 Å². The van der Waals surface area contributed by atoms with Gasteiger partial charge in [0, 0.05) is 25.9 Å². The summed E-state index contributed by atoms with van der Waals surface area (Å²) in [5, 5.41) is 8.77. The molecular formula is C11H16O5. The molecule has 1 N–H and O–H groups in total. The Morgan fingerprint density at radius 3 is 2.81 bits per heavy atom. The van der Waals surface area contributed by atoms with Gasteiger partial charge in [0.15, 0.2) is 0 Å². The summed E-state index contributed by atoms with van der Waals surface area (Å²) in [5.74, 6) is -0.536. The maximum absolute atomic E-state index is 10.7. The molecule has 90 valence electrons. The van der Waals surface area contributed by atoms with Crippen molar-refractivity contribution >= 4 is 5.97 Å². The molecule has 0 aliphatic heterocycles. The SMILES string of the molecule is COCCCOCc1cc(C)c(C(=O)O)o1. The summed E-state index contributed by atoms with van der Waals surface area (Å²) in [6.07, 6.45) is 0.808. The lowest BCUT2D eigenvalue weighted by Gasteiger charge is -2.00. The minimum atomic E-state index is -1.05. The average molecular weight is 228 g/mol. The number of aromatic carboxylic acids is 1. The fourth-order valence-corrected chi connectivity index (χ4v) is 1.31. The topological polar surface area (TPSA) is 68.9 Å². The summed E-state index contributed by atoms with van der Waals surface area (Å²) in [7, 11) is 1.63. The lowest BCUT2D eigenvalue weighted by molar-refractivity contribution is 0.0636. The molecule has 0 unspecified atom stereocenters. The Kier molecular flexibility index (Phi) is 5.01. The summed E-state index contributed by atoms with van der Waals surface area (Å²) in [5.41, 5.74) is 0.614. The van der Waals surface area contributed by atoms with Gasteiger partial charge in [-0.15, -0.1) is 0 Å². The lowest BCUT2D eigenvalue weighted by Crippen LogP contribution is -1.98. The van der Waals surface area contributed by atoms with Crippen molar-refractivity contribution in [3.05, 3.63) is 23.2 Å². The van der Waals surface area contributed by atoms with E-state index in [1.807, 2.05) is 0 Å². The van der Waals surface area contributed by atoms with E-state index in [4.69, 9.17) is 19.0 Å². The highest BCUT2D eigenvalue weighted by molar-refractivity contribution is 5.86. The second-order valence-corrected chi connectivity index (χ2v) is 3.43. The summed E-state index contributed by atoms with van der Waals surface area (Å²) in [6.45, 7) is 3.20. The van der Waals surface area contributed by atoms with Gasteiger partial charge in [0.2, 0.25) is 5.76 Å². The van der Waals surface area contributed by atoms with E-state index in [-0.39, 0.29) is 12.4 Å². The van der Waals surface area contributed by atoms with Crippen LogP contribution in [0.4, 0.5) is 0 Å². The molecule has 1 rings (SSSR count). The van der Waals surface area contributed by atoms with Crippen LogP contribution in [0.2, 0.25) is 0 Å². The van der Waals surface area contributed by atoms with Crippen LogP contribution < -0.4 is 0 Å². The third kappa shape index (κ3) is 3.67. The smallest absolute Gasteiger partial charge is 0.372 e. The first kappa shape index (κ1) is 12.7. The first-order valence-electron chi connectivity index (χ1n) is 5.04. The molecule has 0 saturated heterocycles. The number of ether oxygens (including phenoxy) is 2. The number of carboxylic acid groups (broad SMARTS) is 1. The fraction of sp³-hybridized carbons (Fsp3) is 0.545. The summed E-state index contributed by atoms with van der Waals surface area (Å²) >= 11 is 0. The van der Waals surface area contributed by atoms with Gasteiger partial charge in [0.1, 0.15) is 12.4 Å². The van der Waals surface area contributed by atoms with Crippen molar-refractivity contribution in [2.45, 2.75) is 20.0 Å². The molecule has 5 nitrogen and oxygen atoms in total. The Balaban J connectivity index is 2.37. The molecule has 1 aromatic rings. The van der Waals surface area contributed by atoms with Gasteiger partial charge < -0.3 is 19.0 Å². The number of methoxy groups -OCH3 is 1. The number of carbonyl (C=O) groups is 1. The molecule has 0 bridgehead atoms. The third-order valence-corrected chi connectivity index (χ3v) is 2.04. The molecular weight excluding hydrogens is 212 g/mol. The predicted molar refractivity (Wildman–Crippen MR) is 56.6 cm³/mol. The largest absolute Gasteiger partial charge is 0.475 e. The van der Waals surface area contributed by atoms with Crippen molar-refractivity contribution < 1.29 is 23.8 Å². The molecule has 0 aliphatic carbocycles. The normalized spacial score (nSPS) is 10.6. The molecule has 0 radical (unpaired) electrons. The van der Waals surface area contributed by atoms with Gasteiger partial charge in [0.25, 0.3) is 0 Å². The average Bonchev–Trinajstić information content (AvgIpc) is 2.59. The highest BCUT2D eigenvalue weighted by Crippen LogP contribution is 2.15. The van der Waals surface area contributed by atoms with Crippen molar-refractivity contribution in [1.29, 1.82) is 0 Å². The van der Waals surface area contributed by atoms with E-state index in [1.54, 1.807) is 20.1 Å². The number of hydrogen-bond donors (Lipinski definition) is 1. The zero-order chi connectivity index (χ0) is 12.0. The van der Waals surface area contributed by atoms with Gasteiger partial charge in [-0.3, -0.25) is 0 Å². The number of aryl methyl sites for hydroxylation is 1. The fourth-order valence-electron chi connectivity index (χ4n) is 1.31. The Morgan fingerprint density at radius 2 is 2.25 bits per heavy atom. The zero-order valence-electron chi connectivity index (χ0n) is 9.49. The molecule has 0 aliphatic rings. The number of hydrogen-bond acceptors (Lipinski definition) is 4. The molecule has 0 saturated carbocycles. The van der Waals surface area contributed by atoms with Gasteiger partial charge >= 0.3 is 5.97 Å². The zero-order valence-corrected chi connectivity index (χ0v) is 9.49. The van der Waals surface area contributed by atoms with Crippen molar-refractivity contribution in [2.24, 2.45) is 0 Å². The van der Waals surface area contributed by atoms with Crippen LogP contribution in [-0.2, 0) is 16.1 Å². The van der Waals surface area contributed by atoms with Crippen LogP contribution in [0, 0.1) is 6.92 Å². The van der Waals surface area contributed by atoms with E-state index in [0.717, 1.165) is 6.42 Å². The van der Waals surface area contributed by atoms with E-state index in [1.165, 1.54) is 0 Å². The van der Waals surface area contributed by atoms with Crippen LogP contribution in [0.3, 0.4) is 0 Å². The van der Waals surface area contributed by atoms with Crippen molar-refractivity contribution in [3.63, 3.8) is 0 Å². The second-order valence-electron chi connectivity index (χ2n) is 3.43. The van der Waals surface area contributed by atoms with Gasteiger partial charge in [-0.05, 0) is 19.4 Å².